The van der Waals surface area contributed by atoms with Crippen LogP contribution in [0, 0.1) is 0 Å². The van der Waals surface area contributed by atoms with E-state index in [0.717, 1.165) is 9.79 Å². The number of benzene rings is 2. The molecule has 0 fully saturated rings. The van der Waals surface area contributed by atoms with Crippen molar-refractivity contribution in [2.75, 3.05) is 0 Å². The van der Waals surface area contributed by atoms with Gasteiger partial charge in [0.05, 0.1) is 5.56 Å². The Bertz CT molecular complexity index is 579. The van der Waals surface area contributed by atoms with E-state index >= 15 is 0 Å². The molecule has 0 radical (unpaired) electrons. The summed E-state index contributed by atoms with van der Waals surface area (Å²) in [4.78, 5) is 14.4. The molecule has 0 aliphatic heterocycles. The minimum absolute atomic E-state index is 0.266. The molecule has 18 heavy (non-hydrogen) atoms. The van der Waals surface area contributed by atoms with Gasteiger partial charge in [0.25, 0.3) is 0 Å². The van der Waals surface area contributed by atoms with Gasteiger partial charge in [-0.3, -0.25) is 0 Å². The van der Waals surface area contributed by atoms with Gasteiger partial charge >= 0.3 is 5.97 Å². The minimum atomic E-state index is -0.945. The van der Waals surface area contributed by atoms with Crippen LogP contribution in [0.2, 0.25) is 0 Å². The lowest BCUT2D eigenvalue weighted by Crippen LogP contribution is -1.98. The number of rotatable bonds is 3. The van der Waals surface area contributed by atoms with E-state index in [-0.39, 0.29) is 5.56 Å². The summed E-state index contributed by atoms with van der Waals surface area (Å²) in [6.45, 7) is 0. The number of carboxylic acid groups (broad SMARTS) is 1. The third-order valence-electron chi connectivity index (χ3n) is 2.26. The van der Waals surface area contributed by atoms with E-state index in [1.54, 1.807) is 18.2 Å². The third-order valence-corrected chi connectivity index (χ3v) is 3.92. The molecule has 2 aromatic rings. The second-order valence-corrected chi connectivity index (χ2v) is 5.73. The molecule has 0 unspecified atom stereocenters. The van der Waals surface area contributed by atoms with Crippen LogP contribution < -0.4 is 0 Å². The van der Waals surface area contributed by atoms with Gasteiger partial charge < -0.3 is 5.11 Å². The molecule has 2 rings (SSSR count). The van der Waals surface area contributed by atoms with Crippen LogP contribution in [-0.2, 0) is 0 Å². The molecule has 0 amide bonds. The van der Waals surface area contributed by atoms with Crippen LogP contribution in [0.4, 0.5) is 0 Å². The van der Waals surface area contributed by atoms with Gasteiger partial charge in [-0.25, -0.2) is 4.79 Å². The molecule has 0 atom stereocenters. The van der Waals surface area contributed by atoms with Crippen molar-refractivity contribution in [3.05, 3.63) is 48.0 Å². The summed E-state index contributed by atoms with van der Waals surface area (Å²) < 4.78 is 0. The molecule has 0 heterocycles. The first-order chi connectivity index (χ1) is 8.56. The number of aromatic carboxylic acids is 1. The van der Waals surface area contributed by atoms with Crippen LogP contribution in [-0.4, -0.2) is 11.1 Å². The fraction of sp³-hybridized carbons (Fsp3) is 0. The van der Waals surface area contributed by atoms with Crippen LogP contribution in [0.25, 0.3) is 0 Å². The average molecular weight is 294 g/mol. The van der Waals surface area contributed by atoms with Crippen molar-refractivity contribution >= 4 is 43.0 Å². The quantitative estimate of drug-likeness (QED) is 0.746. The maximum atomic E-state index is 11.2. The Morgan fingerprint density at radius 3 is 2.22 bits per heavy atom. The number of hydrogen-bond donors (Lipinski definition) is 3. The first kappa shape index (κ1) is 13.4. The number of carboxylic acids is 1. The van der Waals surface area contributed by atoms with E-state index in [0.29, 0.717) is 9.79 Å². The molecule has 0 aliphatic carbocycles. The first-order valence-electron chi connectivity index (χ1n) is 5.09. The van der Waals surface area contributed by atoms with E-state index in [4.69, 9.17) is 5.11 Å². The molecular formula is C13H10O2S3. The summed E-state index contributed by atoms with van der Waals surface area (Å²) in [5.74, 6) is -0.945. The molecule has 2 nitrogen and oxygen atoms in total. The minimum Gasteiger partial charge on any atom is -0.478 e. The topological polar surface area (TPSA) is 37.3 Å². The van der Waals surface area contributed by atoms with Gasteiger partial charge in [0.15, 0.2) is 0 Å². The zero-order chi connectivity index (χ0) is 13.1. The lowest BCUT2D eigenvalue weighted by atomic mass is 10.2. The lowest BCUT2D eigenvalue weighted by Gasteiger charge is -2.06. The highest BCUT2D eigenvalue weighted by molar-refractivity contribution is 7.99. The van der Waals surface area contributed by atoms with Crippen LogP contribution in [0.1, 0.15) is 10.4 Å². The summed E-state index contributed by atoms with van der Waals surface area (Å²) in [6, 6.07) is 12.7. The van der Waals surface area contributed by atoms with Crippen molar-refractivity contribution in [1.82, 2.24) is 0 Å². The molecule has 2 aromatic carbocycles. The summed E-state index contributed by atoms with van der Waals surface area (Å²) in [7, 11) is 0. The van der Waals surface area contributed by atoms with Crippen LogP contribution in [0.5, 0.6) is 0 Å². The molecule has 0 spiro atoms. The van der Waals surface area contributed by atoms with E-state index in [1.165, 1.54) is 11.8 Å². The second-order valence-electron chi connectivity index (χ2n) is 3.58. The second kappa shape index (κ2) is 5.73. The average Bonchev–Trinajstić information content (AvgIpc) is 2.34. The zero-order valence-corrected chi connectivity index (χ0v) is 11.8. The van der Waals surface area contributed by atoms with Gasteiger partial charge in [0.1, 0.15) is 0 Å². The van der Waals surface area contributed by atoms with Gasteiger partial charge in [-0.2, -0.15) is 0 Å². The van der Waals surface area contributed by atoms with Crippen molar-refractivity contribution in [2.24, 2.45) is 0 Å². The summed E-state index contributed by atoms with van der Waals surface area (Å²) in [5.41, 5.74) is 0.266. The molecule has 0 saturated heterocycles. The molecule has 0 bridgehead atoms. The van der Waals surface area contributed by atoms with Crippen LogP contribution in [0.15, 0.2) is 62.0 Å². The van der Waals surface area contributed by atoms with Gasteiger partial charge in [-0.1, -0.05) is 11.8 Å². The maximum Gasteiger partial charge on any atom is 0.336 e. The van der Waals surface area contributed by atoms with E-state index in [2.05, 4.69) is 25.3 Å². The largest absolute Gasteiger partial charge is 0.478 e. The molecule has 1 N–H and O–H groups in total. The number of thiol groups is 2. The Hall–Kier alpha value is -1.04. The fourth-order valence-electron chi connectivity index (χ4n) is 1.42. The third kappa shape index (κ3) is 3.25. The molecule has 0 aliphatic rings. The van der Waals surface area contributed by atoms with Crippen molar-refractivity contribution < 1.29 is 9.90 Å². The maximum absolute atomic E-state index is 11.2. The van der Waals surface area contributed by atoms with Crippen LogP contribution >= 0.6 is 37.0 Å². The highest BCUT2D eigenvalue weighted by Gasteiger charge is 2.11. The SMILES string of the molecule is O=C(O)c1cc(S)ccc1Sc1ccc(S)cc1. The van der Waals surface area contributed by atoms with E-state index in [1.807, 2.05) is 24.3 Å². The van der Waals surface area contributed by atoms with E-state index < -0.39 is 5.97 Å². The van der Waals surface area contributed by atoms with Gasteiger partial charge in [0.2, 0.25) is 0 Å². The van der Waals surface area contributed by atoms with Gasteiger partial charge in [-0.05, 0) is 42.5 Å². The predicted molar refractivity (Wildman–Crippen MR) is 78.5 cm³/mol. The van der Waals surface area contributed by atoms with Crippen molar-refractivity contribution in [2.45, 2.75) is 19.6 Å². The highest BCUT2D eigenvalue weighted by atomic mass is 32.2. The summed E-state index contributed by atoms with van der Waals surface area (Å²) in [6.07, 6.45) is 0. The predicted octanol–water partition coefficient (Wildman–Crippen LogP) is 4.11. The fourth-order valence-corrected chi connectivity index (χ4v) is 2.69. The zero-order valence-electron chi connectivity index (χ0n) is 9.20. The monoisotopic (exact) mass is 294 g/mol. The van der Waals surface area contributed by atoms with Crippen molar-refractivity contribution in [3.8, 4) is 0 Å². The Balaban J connectivity index is 2.34. The molecule has 0 saturated carbocycles. The Morgan fingerprint density at radius 2 is 1.61 bits per heavy atom. The molecule has 0 aromatic heterocycles. The van der Waals surface area contributed by atoms with Crippen LogP contribution in [0.3, 0.4) is 0 Å². The smallest absolute Gasteiger partial charge is 0.336 e. The van der Waals surface area contributed by atoms with Crippen molar-refractivity contribution in [3.63, 3.8) is 0 Å². The highest BCUT2D eigenvalue weighted by Crippen LogP contribution is 2.32. The molecule has 92 valence electrons. The lowest BCUT2D eigenvalue weighted by molar-refractivity contribution is 0.0693. The molecular weight excluding hydrogens is 284 g/mol. The molecule has 5 heteroatoms. The first-order valence-corrected chi connectivity index (χ1v) is 6.80. The standard InChI is InChI=1S/C13H10O2S3/c14-13(15)11-7-9(17)3-6-12(11)18-10-4-1-8(16)2-5-10/h1-7,16-17H,(H,14,15). The normalized spacial score (nSPS) is 10.3. The number of carbonyl (C=O) groups is 1. The Kier molecular flexibility index (Phi) is 4.27. The summed E-state index contributed by atoms with van der Waals surface area (Å²) >= 11 is 9.77. The van der Waals surface area contributed by atoms with Gasteiger partial charge in [-0.15, -0.1) is 25.3 Å². The summed E-state index contributed by atoms with van der Waals surface area (Å²) in [5, 5.41) is 9.15. The Labute approximate surface area is 120 Å². The van der Waals surface area contributed by atoms with E-state index in [9.17, 15) is 4.79 Å². The number of hydrogen-bond acceptors (Lipinski definition) is 4. The van der Waals surface area contributed by atoms with Crippen molar-refractivity contribution in [1.29, 1.82) is 0 Å². The van der Waals surface area contributed by atoms with Gasteiger partial charge in [0, 0.05) is 19.6 Å². The Morgan fingerprint density at radius 1 is 1.00 bits per heavy atom.